The van der Waals surface area contributed by atoms with Gasteiger partial charge in [0.2, 0.25) is 5.90 Å². The Labute approximate surface area is 131 Å². The van der Waals surface area contributed by atoms with Crippen LogP contribution in [0.4, 0.5) is 0 Å². The lowest BCUT2D eigenvalue weighted by atomic mass is 10.2. The maximum atomic E-state index is 11.9. The first-order chi connectivity index (χ1) is 10.7. The molecule has 22 heavy (non-hydrogen) atoms. The highest BCUT2D eigenvalue weighted by Crippen LogP contribution is 2.26. The summed E-state index contributed by atoms with van der Waals surface area (Å²) in [7, 11) is 3.12. The van der Waals surface area contributed by atoms with Crippen LogP contribution in [0.3, 0.4) is 0 Å². The largest absolute Gasteiger partial charge is 0.497 e. The number of aliphatic imine (C=N–C) groups is 1. The number of methoxy groups -OCH3 is 2. The van der Waals surface area contributed by atoms with Crippen molar-refractivity contribution in [3.05, 3.63) is 51.8 Å². The molecule has 2 aromatic rings. The van der Waals surface area contributed by atoms with Crippen LogP contribution in [0.25, 0.3) is 6.08 Å². The fourth-order valence-electron chi connectivity index (χ4n) is 1.98. The minimum absolute atomic E-state index is 0.240. The predicted octanol–water partition coefficient (Wildman–Crippen LogP) is 3.11. The van der Waals surface area contributed by atoms with Crippen LogP contribution in [0, 0.1) is 0 Å². The van der Waals surface area contributed by atoms with Gasteiger partial charge in [-0.05, 0) is 40.6 Å². The Morgan fingerprint density at radius 3 is 2.50 bits per heavy atom. The molecule has 5 nitrogen and oxygen atoms in total. The molecule has 0 radical (unpaired) electrons. The van der Waals surface area contributed by atoms with Gasteiger partial charge in [-0.15, -0.1) is 0 Å². The average molecular weight is 315 g/mol. The molecule has 3 rings (SSSR count). The predicted molar refractivity (Wildman–Crippen MR) is 84.5 cm³/mol. The Balaban J connectivity index is 1.97. The van der Waals surface area contributed by atoms with Gasteiger partial charge in [-0.3, -0.25) is 0 Å². The molecule has 2 heterocycles. The third kappa shape index (κ3) is 2.87. The van der Waals surface area contributed by atoms with Gasteiger partial charge in [0.05, 0.1) is 14.2 Å². The van der Waals surface area contributed by atoms with Gasteiger partial charge in [0.1, 0.15) is 11.5 Å². The standard InChI is InChI=1S/C16H13NO4S/c1-19-12-6-11(7-13(8-12)20-2)15-17-14(16(18)21-15)5-10-3-4-22-9-10/h3-9H,1-2H3. The number of ether oxygens (including phenoxy) is 3. The van der Waals surface area contributed by atoms with Crippen LogP contribution in [0.1, 0.15) is 11.1 Å². The summed E-state index contributed by atoms with van der Waals surface area (Å²) < 4.78 is 15.7. The summed E-state index contributed by atoms with van der Waals surface area (Å²) in [5.74, 6) is 0.971. The fraction of sp³-hybridized carbons (Fsp3) is 0.125. The fourth-order valence-corrected chi connectivity index (χ4v) is 2.60. The number of hydrogen-bond donors (Lipinski definition) is 0. The van der Waals surface area contributed by atoms with E-state index in [1.807, 2.05) is 16.8 Å². The summed E-state index contributed by atoms with van der Waals surface area (Å²) in [6, 6.07) is 7.13. The molecule has 0 fully saturated rings. The highest BCUT2D eigenvalue weighted by Gasteiger charge is 2.25. The van der Waals surface area contributed by atoms with Crippen LogP contribution in [0.15, 0.2) is 45.7 Å². The first kappa shape index (κ1) is 14.3. The monoisotopic (exact) mass is 315 g/mol. The molecule has 0 unspecified atom stereocenters. The molecule has 0 amide bonds. The minimum Gasteiger partial charge on any atom is -0.497 e. The number of thiophene rings is 1. The van der Waals surface area contributed by atoms with E-state index in [-0.39, 0.29) is 11.6 Å². The second-order valence-corrected chi connectivity index (χ2v) is 5.27. The summed E-state index contributed by atoms with van der Waals surface area (Å²) in [6.45, 7) is 0. The maximum Gasteiger partial charge on any atom is 0.363 e. The van der Waals surface area contributed by atoms with E-state index in [9.17, 15) is 4.79 Å². The van der Waals surface area contributed by atoms with Gasteiger partial charge in [0, 0.05) is 11.6 Å². The number of rotatable bonds is 4. The lowest BCUT2D eigenvalue weighted by Gasteiger charge is -2.07. The van der Waals surface area contributed by atoms with Crippen molar-refractivity contribution in [1.29, 1.82) is 0 Å². The summed E-state index contributed by atoms with van der Waals surface area (Å²) in [4.78, 5) is 16.2. The summed E-state index contributed by atoms with van der Waals surface area (Å²) >= 11 is 1.55. The molecule has 1 aromatic heterocycles. The van der Waals surface area contributed by atoms with Crippen molar-refractivity contribution >= 4 is 29.3 Å². The van der Waals surface area contributed by atoms with Crippen LogP contribution in [-0.4, -0.2) is 26.1 Å². The van der Waals surface area contributed by atoms with Crippen LogP contribution in [0.2, 0.25) is 0 Å². The van der Waals surface area contributed by atoms with E-state index in [1.54, 1.807) is 49.8 Å². The van der Waals surface area contributed by atoms with Crippen molar-refractivity contribution in [3.63, 3.8) is 0 Å². The molecule has 1 aliphatic heterocycles. The smallest absolute Gasteiger partial charge is 0.363 e. The number of benzene rings is 1. The zero-order chi connectivity index (χ0) is 15.5. The molecule has 0 atom stereocenters. The van der Waals surface area contributed by atoms with E-state index < -0.39 is 5.97 Å². The first-order valence-corrected chi connectivity index (χ1v) is 7.42. The zero-order valence-electron chi connectivity index (χ0n) is 12.0. The first-order valence-electron chi connectivity index (χ1n) is 6.48. The van der Waals surface area contributed by atoms with Crippen LogP contribution in [-0.2, 0) is 9.53 Å². The molecule has 6 heteroatoms. The average Bonchev–Trinajstić information content (AvgIpc) is 3.17. The van der Waals surface area contributed by atoms with Crippen molar-refractivity contribution in [3.8, 4) is 11.5 Å². The molecular formula is C16H13NO4S. The molecule has 0 N–H and O–H groups in total. The molecule has 0 bridgehead atoms. The molecule has 1 aromatic carbocycles. The van der Waals surface area contributed by atoms with Gasteiger partial charge in [-0.2, -0.15) is 11.3 Å². The summed E-state index contributed by atoms with van der Waals surface area (Å²) in [6.07, 6.45) is 1.70. The SMILES string of the molecule is COc1cc(OC)cc(C2=NC(=Cc3ccsc3)C(=O)O2)c1. The van der Waals surface area contributed by atoms with Gasteiger partial charge in [0.15, 0.2) is 5.70 Å². The van der Waals surface area contributed by atoms with Gasteiger partial charge in [-0.25, -0.2) is 9.79 Å². The molecular weight excluding hydrogens is 302 g/mol. The third-order valence-corrected chi connectivity index (χ3v) is 3.77. The number of nitrogens with zero attached hydrogens (tertiary/aromatic N) is 1. The molecule has 0 saturated heterocycles. The highest BCUT2D eigenvalue weighted by molar-refractivity contribution is 7.08. The zero-order valence-corrected chi connectivity index (χ0v) is 12.8. The van der Waals surface area contributed by atoms with E-state index in [4.69, 9.17) is 14.2 Å². The van der Waals surface area contributed by atoms with Crippen molar-refractivity contribution in [1.82, 2.24) is 0 Å². The van der Waals surface area contributed by atoms with E-state index in [1.165, 1.54) is 0 Å². The lowest BCUT2D eigenvalue weighted by Crippen LogP contribution is -2.06. The Kier molecular flexibility index (Phi) is 3.93. The number of esters is 1. The van der Waals surface area contributed by atoms with E-state index in [0.29, 0.717) is 17.1 Å². The minimum atomic E-state index is -0.469. The number of carbonyl (C=O) groups is 1. The van der Waals surface area contributed by atoms with E-state index in [0.717, 1.165) is 5.56 Å². The Bertz CT molecular complexity index is 740. The Morgan fingerprint density at radius 1 is 1.18 bits per heavy atom. The number of hydrogen-bond acceptors (Lipinski definition) is 6. The van der Waals surface area contributed by atoms with Gasteiger partial charge >= 0.3 is 5.97 Å². The molecule has 0 saturated carbocycles. The van der Waals surface area contributed by atoms with Gasteiger partial charge in [0.25, 0.3) is 0 Å². The number of carbonyl (C=O) groups excluding carboxylic acids is 1. The topological polar surface area (TPSA) is 57.1 Å². The van der Waals surface area contributed by atoms with Crippen LogP contribution in [0.5, 0.6) is 11.5 Å². The maximum absolute atomic E-state index is 11.9. The van der Waals surface area contributed by atoms with Crippen molar-refractivity contribution in [2.24, 2.45) is 4.99 Å². The van der Waals surface area contributed by atoms with Crippen molar-refractivity contribution in [2.45, 2.75) is 0 Å². The molecule has 0 spiro atoms. The quantitative estimate of drug-likeness (QED) is 0.642. The molecule has 0 aliphatic carbocycles. The summed E-state index contributed by atoms with van der Waals surface area (Å²) in [5, 5.41) is 3.87. The third-order valence-electron chi connectivity index (χ3n) is 3.07. The second kappa shape index (κ2) is 6.03. The normalized spacial score (nSPS) is 15.6. The highest BCUT2D eigenvalue weighted by atomic mass is 32.1. The van der Waals surface area contributed by atoms with Gasteiger partial charge in [-0.1, -0.05) is 0 Å². The van der Waals surface area contributed by atoms with Crippen molar-refractivity contribution in [2.75, 3.05) is 14.2 Å². The Hall–Kier alpha value is -2.60. The summed E-state index contributed by atoms with van der Waals surface area (Å²) in [5.41, 5.74) is 1.82. The second-order valence-electron chi connectivity index (χ2n) is 4.49. The Morgan fingerprint density at radius 2 is 1.91 bits per heavy atom. The lowest BCUT2D eigenvalue weighted by molar-refractivity contribution is -0.129. The van der Waals surface area contributed by atoms with Gasteiger partial charge < -0.3 is 14.2 Å². The number of cyclic esters (lactones) is 1. The van der Waals surface area contributed by atoms with Crippen LogP contribution >= 0.6 is 11.3 Å². The molecule has 112 valence electrons. The molecule has 1 aliphatic rings. The van der Waals surface area contributed by atoms with Crippen molar-refractivity contribution < 1.29 is 19.0 Å². The van der Waals surface area contributed by atoms with Crippen LogP contribution < -0.4 is 9.47 Å². The van der Waals surface area contributed by atoms with E-state index in [2.05, 4.69) is 4.99 Å². The van der Waals surface area contributed by atoms with E-state index >= 15 is 0 Å².